The van der Waals surface area contributed by atoms with Gasteiger partial charge in [0.05, 0.1) is 16.9 Å². The molecule has 2 aromatic carbocycles. The van der Waals surface area contributed by atoms with Crippen LogP contribution in [0, 0.1) is 0 Å². The van der Waals surface area contributed by atoms with Crippen molar-refractivity contribution >= 4 is 27.6 Å². The summed E-state index contributed by atoms with van der Waals surface area (Å²) in [5.41, 5.74) is 1.34. The topological polar surface area (TPSA) is 117 Å². The highest BCUT2D eigenvalue weighted by molar-refractivity contribution is 7.89. The summed E-state index contributed by atoms with van der Waals surface area (Å²) < 4.78 is 27.0. The summed E-state index contributed by atoms with van der Waals surface area (Å²) in [6.45, 7) is 7.90. The van der Waals surface area contributed by atoms with Gasteiger partial charge in [0.2, 0.25) is 5.95 Å². The number of hydrogen-bond donors (Lipinski definition) is 2. The minimum absolute atomic E-state index is 0.0337. The second kappa shape index (κ2) is 13.2. The van der Waals surface area contributed by atoms with Crippen molar-refractivity contribution in [1.82, 2.24) is 19.8 Å². The van der Waals surface area contributed by atoms with Crippen LogP contribution < -0.4 is 15.5 Å². The number of aromatic nitrogens is 2. The predicted molar refractivity (Wildman–Crippen MR) is 155 cm³/mol. The Morgan fingerprint density at radius 3 is 2.27 bits per heavy atom. The molecule has 2 N–H and O–H groups in total. The molecule has 1 aliphatic rings. The smallest absolute Gasteiger partial charge is 0.327 e. The molecule has 4 rings (SSSR count). The van der Waals surface area contributed by atoms with Gasteiger partial charge in [-0.05, 0) is 74.0 Å². The van der Waals surface area contributed by atoms with Crippen LogP contribution in [0.3, 0.4) is 0 Å². The standard InChI is InChI=1S/C29H38N6O4S/c1-29(2,3)35(40(37,38)26-8-5-4-6-9-26)39-27(36)14-19-30-22-23-10-12-25(13-11-23)34-20-15-24(16-21-34)33-28-31-17-7-18-32-28/h4-13,17-18,24,30H,14-16,19-22H2,1-3H3,(H,31,32,33). The van der Waals surface area contributed by atoms with Gasteiger partial charge < -0.3 is 20.4 Å². The van der Waals surface area contributed by atoms with Gasteiger partial charge in [-0.15, -0.1) is 0 Å². The molecule has 11 heteroatoms. The van der Waals surface area contributed by atoms with Crippen LogP contribution in [-0.2, 0) is 26.2 Å². The van der Waals surface area contributed by atoms with E-state index in [0.29, 0.717) is 25.1 Å². The van der Waals surface area contributed by atoms with Crippen molar-refractivity contribution in [2.24, 2.45) is 0 Å². The summed E-state index contributed by atoms with van der Waals surface area (Å²) in [5.74, 6) is 0.0591. The third-order valence-corrected chi connectivity index (χ3v) is 8.45. The maximum absolute atomic E-state index is 13.1. The molecule has 0 atom stereocenters. The molecule has 0 unspecified atom stereocenters. The van der Waals surface area contributed by atoms with E-state index >= 15 is 0 Å². The fraction of sp³-hybridized carbons (Fsp3) is 0.414. The van der Waals surface area contributed by atoms with Crippen molar-refractivity contribution in [3.63, 3.8) is 0 Å². The van der Waals surface area contributed by atoms with E-state index in [-0.39, 0.29) is 11.3 Å². The van der Waals surface area contributed by atoms with Crippen molar-refractivity contribution in [3.8, 4) is 0 Å². The molecule has 214 valence electrons. The quantitative estimate of drug-likeness (QED) is 0.263. The molecule has 1 aliphatic heterocycles. The summed E-state index contributed by atoms with van der Waals surface area (Å²) in [4.78, 5) is 28.9. The largest absolute Gasteiger partial charge is 0.371 e. The zero-order valence-corrected chi connectivity index (χ0v) is 24.1. The number of hydrogen-bond acceptors (Lipinski definition) is 9. The van der Waals surface area contributed by atoms with Gasteiger partial charge in [0.1, 0.15) is 0 Å². The third kappa shape index (κ3) is 8.00. The molecule has 3 aromatic rings. The highest BCUT2D eigenvalue weighted by atomic mass is 32.2. The molecule has 0 aliphatic carbocycles. The van der Waals surface area contributed by atoms with Gasteiger partial charge in [-0.2, -0.15) is 0 Å². The third-order valence-electron chi connectivity index (χ3n) is 6.52. The number of rotatable bonds is 11. The van der Waals surface area contributed by atoms with Crippen molar-refractivity contribution in [2.75, 3.05) is 29.9 Å². The van der Waals surface area contributed by atoms with Crippen molar-refractivity contribution in [3.05, 3.63) is 78.6 Å². The Morgan fingerprint density at radius 2 is 1.65 bits per heavy atom. The molecule has 0 saturated carbocycles. The lowest BCUT2D eigenvalue weighted by Gasteiger charge is -2.34. The number of nitrogens with zero attached hydrogens (tertiary/aromatic N) is 4. The molecule has 10 nitrogen and oxygen atoms in total. The minimum Gasteiger partial charge on any atom is -0.371 e. The van der Waals surface area contributed by atoms with E-state index < -0.39 is 21.5 Å². The van der Waals surface area contributed by atoms with Gasteiger partial charge >= 0.3 is 5.97 Å². The van der Waals surface area contributed by atoms with E-state index in [2.05, 4.69) is 49.8 Å². The summed E-state index contributed by atoms with van der Waals surface area (Å²) >= 11 is 0. The van der Waals surface area contributed by atoms with Crippen LogP contribution in [-0.4, -0.2) is 60.0 Å². The average Bonchev–Trinajstić information content (AvgIpc) is 2.95. The van der Waals surface area contributed by atoms with Gasteiger partial charge in [-0.3, -0.25) is 4.79 Å². The average molecular weight is 567 g/mol. The summed E-state index contributed by atoms with van der Waals surface area (Å²) in [6.07, 6.45) is 5.54. The summed E-state index contributed by atoms with van der Waals surface area (Å²) in [7, 11) is -4.00. The second-order valence-electron chi connectivity index (χ2n) is 10.8. The van der Waals surface area contributed by atoms with Crippen LogP contribution in [0.2, 0.25) is 0 Å². The fourth-order valence-corrected chi connectivity index (χ4v) is 6.05. The fourth-order valence-electron chi connectivity index (χ4n) is 4.46. The van der Waals surface area contributed by atoms with Crippen LogP contribution in [0.25, 0.3) is 0 Å². The Bertz CT molecular complexity index is 1320. The van der Waals surface area contributed by atoms with Gasteiger partial charge in [-0.25, -0.2) is 18.4 Å². The normalized spacial score (nSPS) is 14.8. The Hall–Kier alpha value is -3.54. The highest BCUT2D eigenvalue weighted by Crippen LogP contribution is 2.25. The molecular weight excluding hydrogens is 528 g/mol. The first-order valence-electron chi connectivity index (χ1n) is 13.5. The van der Waals surface area contributed by atoms with Crippen LogP contribution in [0.15, 0.2) is 78.0 Å². The molecule has 0 radical (unpaired) electrons. The second-order valence-corrected chi connectivity index (χ2v) is 12.5. The number of carbonyl (C=O) groups excluding carboxylic acids is 1. The Labute approximate surface area is 236 Å². The zero-order valence-electron chi connectivity index (χ0n) is 23.3. The number of nitrogens with one attached hydrogen (secondary N) is 2. The van der Waals surface area contributed by atoms with Crippen LogP contribution >= 0.6 is 0 Å². The number of sulfonamides is 1. The van der Waals surface area contributed by atoms with Gasteiger partial charge in [0.25, 0.3) is 10.0 Å². The van der Waals surface area contributed by atoms with Gasteiger partial charge in [0, 0.05) is 50.3 Å². The molecule has 2 heterocycles. The molecule has 1 fully saturated rings. The first-order valence-corrected chi connectivity index (χ1v) is 15.0. The number of benzene rings is 2. The van der Waals surface area contributed by atoms with E-state index in [4.69, 9.17) is 4.84 Å². The van der Waals surface area contributed by atoms with E-state index in [1.165, 1.54) is 17.8 Å². The molecule has 0 amide bonds. The lowest BCUT2D eigenvalue weighted by Crippen LogP contribution is -2.46. The molecule has 1 aromatic heterocycles. The lowest BCUT2D eigenvalue weighted by molar-refractivity contribution is -0.182. The molecule has 0 bridgehead atoms. The summed E-state index contributed by atoms with van der Waals surface area (Å²) in [5, 5.41) is 6.65. The van der Waals surface area contributed by atoms with Crippen molar-refractivity contribution in [1.29, 1.82) is 0 Å². The number of anilines is 2. The first kappa shape index (κ1) is 29.4. The van der Waals surface area contributed by atoms with E-state index in [1.54, 1.807) is 51.4 Å². The van der Waals surface area contributed by atoms with Crippen LogP contribution in [0.5, 0.6) is 0 Å². The molecule has 40 heavy (non-hydrogen) atoms. The first-order chi connectivity index (χ1) is 19.1. The zero-order chi connectivity index (χ0) is 28.6. The Kier molecular flexibility index (Phi) is 9.72. The van der Waals surface area contributed by atoms with Crippen molar-refractivity contribution < 1.29 is 18.0 Å². The van der Waals surface area contributed by atoms with E-state index in [1.807, 2.05) is 6.07 Å². The number of carbonyl (C=O) groups is 1. The van der Waals surface area contributed by atoms with Gasteiger partial charge in [-0.1, -0.05) is 30.3 Å². The minimum atomic E-state index is -4.00. The monoisotopic (exact) mass is 566 g/mol. The molecule has 1 saturated heterocycles. The van der Waals surface area contributed by atoms with E-state index in [0.717, 1.165) is 36.0 Å². The Morgan fingerprint density at radius 1 is 1.00 bits per heavy atom. The highest BCUT2D eigenvalue weighted by Gasteiger charge is 2.37. The maximum Gasteiger partial charge on any atom is 0.327 e. The maximum atomic E-state index is 13.1. The molecule has 0 spiro atoms. The van der Waals surface area contributed by atoms with Crippen LogP contribution in [0.1, 0.15) is 45.6 Å². The lowest BCUT2D eigenvalue weighted by atomic mass is 10.0. The molecular formula is C29H38N6O4S. The van der Waals surface area contributed by atoms with E-state index in [9.17, 15) is 13.2 Å². The summed E-state index contributed by atoms with van der Waals surface area (Å²) in [6, 6.07) is 18.5. The Balaban J connectivity index is 1.20. The van der Waals surface area contributed by atoms with Gasteiger partial charge in [0.15, 0.2) is 0 Å². The van der Waals surface area contributed by atoms with Crippen molar-refractivity contribution in [2.45, 2.75) is 63.1 Å². The number of piperidine rings is 1. The van der Waals surface area contributed by atoms with Crippen LogP contribution in [0.4, 0.5) is 11.6 Å². The number of hydroxylamine groups is 1. The SMILES string of the molecule is CC(C)(C)N(OC(=O)CCNCc1ccc(N2CCC(Nc3ncccn3)CC2)cc1)S(=O)(=O)c1ccccc1. The predicted octanol–water partition coefficient (Wildman–Crippen LogP) is 3.98.